The van der Waals surface area contributed by atoms with Gasteiger partial charge in [-0.15, -0.1) is 0 Å². The average Bonchev–Trinajstić information content (AvgIpc) is 3.28. The van der Waals surface area contributed by atoms with Gasteiger partial charge in [0.25, 0.3) is 0 Å². The Bertz CT molecular complexity index is 1300. The highest BCUT2D eigenvalue weighted by Gasteiger charge is 2.35. The minimum atomic E-state index is -4.55. The van der Waals surface area contributed by atoms with Crippen LogP contribution in [-0.4, -0.2) is 24.0 Å². The van der Waals surface area contributed by atoms with Crippen LogP contribution in [0.5, 0.6) is 0 Å². The van der Waals surface area contributed by atoms with E-state index in [-0.39, 0.29) is 41.0 Å². The highest BCUT2D eigenvalue weighted by Crippen LogP contribution is 2.36. The fourth-order valence-corrected chi connectivity index (χ4v) is 4.71. The zero-order valence-electron chi connectivity index (χ0n) is 18.8. The molecule has 0 aliphatic carbocycles. The molecule has 3 aromatic rings. The average molecular weight is 524 g/mol. The van der Waals surface area contributed by atoms with Crippen LogP contribution >= 0.6 is 11.6 Å². The van der Waals surface area contributed by atoms with E-state index in [0.29, 0.717) is 31.3 Å². The molecule has 0 aromatic heterocycles. The number of hydrogen-bond donors (Lipinski definition) is 0. The van der Waals surface area contributed by atoms with Gasteiger partial charge in [-0.3, -0.25) is 4.90 Å². The van der Waals surface area contributed by atoms with E-state index in [1.54, 1.807) is 15.9 Å². The molecular formula is C26H20ClF6N3. The molecule has 1 heterocycles. The Morgan fingerprint density at radius 3 is 2.47 bits per heavy atom. The van der Waals surface area contributed by atoms with E-state index in [0.717, 1.165) is 12.1 Å². The first-order valence-corrected chi connectivity index (χ1v) is 11.4. The molecule has 1 fully saturated rings. The fraction of sp³-hybridized carbons (Fsp3) is 0.269. The molecule has 1 saturated heterocycles. The molecule has 10 heteroatoms. The van der Waals surface area contributed by atoms with E-state index < -0.39 is 29.2 Å². The summed E-state index contributed by atoms with van der Waals surface area (Å²) in [5.74, 6) is -3.29. The lowest BCUT2D eigenvalue weighted by atomic mass is 10.0. The van der Waals surface area contributed by atoms with Crippen molar-refractivity contribution in [2.24, 2.45) is 0 Å². The Labute approximate surface area is 209 Å². The van der Waals surface area contributed by atoms with Gasteiger partial charge >= 0.3 is 6.18 Å². The molecule has 188 valence electrons. The zero-order chi connectivity index (χ0) is 26.0. The van der Waals surface area contributed by atoms with Gasteiger partial charge in [0.2, 0.25) is 5.69 Å². The predicted molar refractivity (Wildman–Crippen MR) is 125 cm³/mol. The summed E-state index contributed by atoms with van der Waals surface area (Å²) in [5.41, 5.74) is -0.0865. The highest BCUT2D eigenvalue weighted by molar-refractivity contribution is 6.33. The molecular weight excluding hydrogens is 504 g/mol. The smallest absolute Gasteiger partial charge is 0.363 e. The molecule has 36 heavy (non-hydrogen) atoms. The molecule has 0 saturated carbocycles. The normalized spacial score (nSPS) is 16.2. The van der Waals surface area contributed by atoms with Crippen LogP contribution in [0, 0.1) is 24.0 Å². The molecule has 0 unspecified atom stereocenters. The molecule has 0 amide bonds. The van der Waals surface area contributed by atoms with Crippen molar-refractivity contribution in [3.8, 4) is 0 Å². The van der Waals surface area contributed by atoms with Gasteiger partial charge < -0.3 is 4.90 Å². The summed E-state index contributed by atoms with van der Waals surface area (Å²) in [7, 11) is 0. The summed E-state index contributed by atoms with van der Waals surface area (Å²) < 4.78 is 82.5. The second-order valence-electron chi connectivity index (χ2n) is 8.57. The van der Waals surface area contributed by atoms with E-state index in [1.807, 2.05) is 0 Å². The largest absolute Gasteiger partial charge is 0.416 e. The number of halogens is 7. The maximum atomic E-state index is 14.2. The second-order valence-corrected chi connectivity index (χ2v) is 8.98. The van der Waals surface area contributed by atoms with Crippen molar-refractivity contribution in [2.45, 2.75) is 31.7 Å². The summed E-state index contributed by atoms with van der Waals surface area (Å²) in [6, 6.07) is 11.0. The molecule has 4 rings (SSSR count). The standard InChI is InChI=1S/C26H20ClF6N3/c1-34-24-7-6-19(12-22(24)27)36(14-16-4-2-3-5-21(16)26(31,32)33)20-8-9-35(15-20)13-17-10-18(28)11-23(29)25(17)30/h2-7,10-12,20H,8-9,13-15H2/t20-/m0/s1. The van der Waals surface area contributed by atoms with Crippen LogP contribution < -0.4 is 4.90 Å². The van der Waals surface area contributed by atoms with Crippen LogP contribution in [0.15, 0.2) is 54.6 Å². The van der Waals surface area contributed by atoms with Crippen LogP contribution in [0.3, 0.4) is 0 Å². The monoisotopic (exact) mass is 523 g/mol. The molecule has 0 bridgehead atoms. The van der Waals surface area contributed by atoms with Crippen LogP contribution in [0.4, 0.5) is 37.7 Å². The lowest BCUT2D eigenvalue weighted by Gasteiger charge is -2.33. The van der Waals surface area contributed by atoms with Crippen LogP contribution in [-0.2, 0) is 19.3 Å². The summed E-state index contributed by atoms with van der Waals surface area (Å²) in [5, 5.41) is 0.170. The van der Waals surface area contributed by atoms with E-state index >= 15 is 0 Å². The van der Waals surface area contributed by atoms with Crippen molar-refractivity contribution in [3.05, 3.63) is 105 Å². The third-order valence-electron chi connectivity index (χ3n) is 6.20. The minimum Gasteiger partial charge on any atom is -0.363 e. The maximum absolute atomic E-state index is 14.2. The third-order valence-corrected chi connectivity index (χ3v) is 6.50. The second kappa shape index (κ2) is 10.4. The molecule has 3 nitrogen and oxygen atoms in total. The van der Waals surface area contributed by atoms with E-state index in [4.69, 9.17) is 18.2 Å². The first kappa shape index (κ1) is 25.9. The predicted octanol–water partition coefficient (Wildman–Crippen LogP) is 7.61. The number of benzene rings is 3. The Morgan fingerprint density at radius 1 is 1.03 bits per heavy atom. The first-order valence-electron chi connectivity index (χ1n) is 11.0. The topological polar surface area (TPSA) is 10.8 Å². The van der Waals surface area contributed by atoms with Crippen LogP contribution in [0.1, 0.15) is 23.1 Å². The molecule has 1 aliphatic heterocycles. The summed E-state index contributed by atoms with van der Waals surface area (Å²) in [6.07, 6.45) is -4.04. The number of anilines is 1. The Hall–Kier alpha value is -3.22. The van der Waals surface area contributed by atoms with Crippen LogP contribution in [0.2, 0.25) is 5.02 Å². The summed E-state index contributed by atoms with van der Waals surface area (Å²) in [6.45, 7) is 7.80. The van der Waals surface area contributed by atoms with E-state index in [2.05, 4.69) is 4.85 Å². The summed E-state index contributed by atoms with van der Waals surface area (Å²) >= 11 is 6.23. The molecule has 0 N–H and O–H groups in total. The van der Waals surface area contributed by atoms with E-state index in [9.17, 15) is 26.3 Å². The Morgan fingerprint density at radius 2 is 1.78 bits per heavy atom. The molecule has 1 atom stereocenters. The van der Waals surface area contributed by atoms with Crippen molar-refractivity contribution < 1.29 is 26.3 Å². The van der Waals surface area contributed by atoms with Crippen molar-refractivity contribution in [1.82, 2.24) is 4.90 Å². The first-order chi connectivity index (χ1) is 17.1. The number of likely N-dealkylation sites (tertiary alicyclic amines) is 1. The molecule has 0 radical (unpaired) electrons. The quantitative estimate of drug-likeness (QED) is 0.187. The Balaban J connectivity index is 1.64. The van der Waals surface area contributed by atoms with Crippen molar-refractivity contribution >= 4 is 23.0 Å². The van der Waals surface area contributed by atoms with Gasteiger partial charge in [0.05, 0.1) is 12.1 Å². The van der Waals surface area contributed by atoms with Gasteiger partial charge in [-0.05, 0) is 36.2 Å². The number of nitrogens with zero attached hydrogens (tertiary/aromatic N) is 3. The lowest BCUT2D eigenvalue weighted by Crippen LogP contribution is -2.37. The van der Waals surface area contributed by atoms with E-state index in [1.165, 1.54) is 30.3 Å². The van der Waals surface area contributed by atoms with Gasteiger partial charge in [0, 0.05) is 54.6 Å². The molecule has 1 aliphatic rings. The lowest BCUT2D eigenvalue weighted by molar-refractivity contribution is -0.138. The zero-order valence-corrected chi connectivity index (χ0v) is 19.6. The molecule has 3 aromatic carbocycles. The SMILES string of the molecule is [C-]#[N+]c1ccc(N(Cc2ccccc2C(F)(F)F)[C@H]2CCN(Cc3cc(F)cc(F)c3F)C2)cc1Cl. The van der Waals surface area contributed by atoms with Crippen molar-refractivity contribution in [1.29, 1.82) is 0 Å². The maximum Gasteiger partial charge on any atom is 0.416 e. The fourth-order valence-electron chi connectivity index (χ4n) is 4.49. The number of rotatable bonds is 6. The number of alkyl halides is 3. The van der Waals surface area contributed by atoms with Gasteiger partial charge in [0.15, 0.2) is 11.6 Å². The van der Waals surface area contributed by atoms with Gasteiger partial charge in [-0.25, -0.2) is 18.0 Å². The van der Waals surface area contributed by atoms with Crippen molar-refractivity contribution in [3.63, 3.8) is 0 Å². The molecule has 0 spiro atoms. The van der Waals surface area contributed by atoms with Gasteiger partial charge in [-0.1, -0.05) is 35.9 Å². The van der Waals surface area contributed by atoms with Crippen LogP contribution in [0.25, 0.3) is 4.85 Å². The third kappa shape index (κ3) is 5.61. The highest BCUT2D eigenvalue weighted by atomic mass is 35.5. The minimum absolute atomic E-state index is 0.0542. The number of hydrogen-bond acceptors (Lipinski definition) is 2. The van der Waals surface area contributed by atoms with Gasteiger partial charge in [0.1, 0.15) is 5.82 Å². The van der Waals surface area contributed by atoms with Gasteiger partial charge in [-0.2, -0.15) is 13.2 Å². The summed E-state index contributed by atoms with van der Waals surface area (Å²) in [4.78, 5) is 6.89. The Kier molecular flexibility index (Phi) is 7.48. The van der Waals surface area contributed by atoms with Crippen molar-refractivity contribution in [2.75, 3.05) is 18.0 Å².